The highest BCUT2D eigenvalue weighted by Gasteiger charge is 2.29. The monoisotopic (exact) mass is 497 g/mol. The molecular formula is C26H28ClN3O3S. The largest absolute Gasteiger partial charge is 0.326 e. The van der Waals surface area contributed by atoms with Crippen molar-refractivity contribution in [2.75, 3.05) is 30.3 Å². The van der Waals surface area contributed by atoms with Gasteiger partial charge < -0.3 is 10.2 Å². The van der Waals surface area contributed by atoms with Gasteiger partial charge >= 0.3 is 0 Å². The third kappa shape index (κ3) is 5.60. The molecule has 1 amide bonds. The molecule has 0 aromatic heterocycles. The Hall–Kier alpha value is -2.87. The summed E-state index contributed by atoms with van der Waals surface area (Å²) >= 11 is 5.91. The van der Waals surface area contributed by atoms with Crippen LogP contribution in [0.25, 0.3) is 0 Å². The fourth-order valence-corrected chi connectivity index (χ4v) is 5.78. The Balaban J connectivity index is 1.55. The summed E-state index contributed by atoms with van der Waals surface area (Å²) in [5, 5.41) is 3.51. The number of hydrogen-bond acceptors (Lipinski definition) is 4. The molecule has 3 aromatic carbocycles. The summed E-state index contributed by atoms with van der Waals surface area (Å²) in [4.78, 5) is 14.9. The maximum atomic E-state index is 13.5. The first-order chi connectivity index (χ1) is 16.2. The Kier molecular flexibility index (Phi) is 7.26. The quantitative estimate of drug-likeness (QED) is 0.512. The summed E-state index contributed by atoms with van der Waals surface area (Å²) in [7, 11) is 0.223. The Bertz CT molecular complexity index is 1270. The smallest absolute Gasteiger partial charge is 0.264 e. The second kappa shape index (κ2) is 10.2. The topological polar surface area (TPSA) is 69.7 Å². The highest BCUT2D eigenvalue weighted by molar-refractivity contribution is 7.92. The molecule has 34 heavy (non-hydrogen) atoms. The lowest BCUT2D eigenvalue weighted by molar-refractivity contribution is -0.115. The summed E-state index contributed by atoms with van der Waals surface area (Å²) in [6.45, 7) is 1.14. The van der Waals surface area contributed by atoms with Gasteiger partial charge in [-0.3, -0.25) is 9.10 Å². The predicted octanol–water partition coefficient (Wildman–Crippen LogP) is 4.72. The minimum Gasteiger partial charge on any atom is -0.326 e. The number of sulfonamides is 1. The lowest BCUT2D eigenvalue weighted by atomic mass is 10.0. The zero-order chi connectivity index (χ0) is 24.3. The van der Waals surface area contributed by atoms with Gasteiger partial charge in [0.1, 0.15) is 0 Å². The van der Waals surface area contributed by atoms with Crippen molar-refractivity contribution >= 4 is 38.9 Å². The molecule has 1 heterocycles. The van der Waals surface area contributed by atoms with Crippen LogP contribution < -0.4 is 9.62 Å². The van der Waals surface area contributed by atoms with Gasteiger partial charge in [-0.05, 0) is 80.0 Å². The van der Waals surface area contributed by atoms with Crippen LogP contribution in [0, 0.1) is 0 Å². The van der Waals surface area contributed by atoms with Crippen LogP contribution in [0.3, 0.4) is 0 Å². The molecule has 6 nitrogen and oxygen atoms in total. The second-order valence-electron chi connectivity index (χ2n) is 8.76. The van der Waals surface area contributed by atoms with Crippen molar-refractivity contribution in [3.05, 3.63) is 88.4 Å². The predicted molar refractivity (Wildman–Crippen MR) is 137 cm³/mol. The van der Waals surface area contributed by atoms with E-state index in [0.717, 1.165) is 36.1 Å². The number of rotatable bonds is 7. The molecule has 0 saturated heterocycles. The zero-order valence-corrected chi connectivity index (χ0v) is 20.9. The lowest BCUT2D eigenvalue weighted by Crippen LogP contribution is -2.35. The number of carbonyl (C=O) groups is 1. The average molecular weight is 498 g/mol. The van der Waals surface area contributed by atoms with Crippen molar-refractivity contribution in [3.8, 4) is 0 Å². The van der Waals surface area contributed by atoms with Crippen LogP contribution in [0.15, 0.2) is 71.6 Å². The van der Waals surface area contributed by atoms with E-state index in [1.54, 1.807) is 30.3 Å². The molecule has 4 rings (SSSR count). The van der Waals surface area contributed by atoms with Crippen LogP contribution in [0.5, 0.6) is 0 Å². The van der Waals surface area contributed by atoms with Gasteiger partial charge in [-0.15, -0.1) is 0 Å². The van der Waals surface area contributed by atoms with E-state index in [1.165, 1.54) is 4.31 Å². The fourth-order valence-electron chi connectivity index (χ4n) is 4.12. The first kappa shape index (κ1) is 24.3. The number of anilines is 2. The number of halogens is 1. The maximum absolute atomic E-state index is 13.5. The zero-order valence-electron chi connectivity index (χ0n) is 19.3. The van der Waals surface area contributed by atoms with Crippen LogP contribution >= 0.6 is 11.6 Å². The van der Waals surface area contributed by atoms with Crippen molar-refractivity contribution in [1.29, 1.82) is 0 Å². The molecule has 1 aliphatic heterocycles. The first-order valence-corrected chi connectivity index (χ1v) is 13.0. The number of benzene rings is 3. The number of aryl methyl sites for hydroxylation is 1. The van der Waals surface area contributed by atoms with Crippen molar-refractivity contribution < 1.29 is 13.2 Å². The molecule has 0 fully saturated rings. The van der Waals surface area contributed by atoms with E-state index in [9.17, 15) is 13.2 Å². The van der Waals surface area contributed by atoms with Crippen molar-refractivity contribution in [1.82, 2.24) is 4.90 Å². The summed E-state index contributed by atoms with van der Waals surface area (Å²) in [6, 6.07) is 19.6. The van der Waals surface area contributed by atoms with E-state index in [0.29, 0.717) is 22.9 Å². The molecule has 8 heteroatoms. The van der Waals surface area contributed by atoms with Gasteiger partial charge in [0.05, 0.1) is 17.0 Å². The molecule has 0 bridgehead atoms. The maximum Gasteiger partial charge on any atom is 0.264 e. The molecule has 0 unspecified atom stereocenters. The number of nitrogens with zero attached hydrogens (tertiary/aromatic N) is 2. The number of nitrogens with one attached hydrogen (secondary N) is 1. The van der Waals surface area contributed by atoms with Crippen LogP contribution in [0.2, 0.25) is 5.02 Å². The van der Waals surface area contributed by atoms with Crippen LogP contribution in [0.4, 0.5) is 11.4 Å². The Labute approximate surface area is 206 Å². The number of carbonyl (C=O) groups excluding carboxylic acids is 1. The van der Waals surface area contributed by atoms with Gasteiger partial charge in [-0.2, -0.15) is 0 Å². The molecule has 0 aliphatic carbocycles. The molecule has 1 aliphatic rings. The van der Waals surface area contributed by atoms with E-state index in [1.807, 2.05) is 55.4 Å². The first-order valence-electron chi connectivity index (χ1n) is 11.2. The van der Waals surface area contributed by atoms with Gasteiger partial charge in [0.25, 0.3) is 10.0 Å². The Morgan fingerprint density at radius 1 is 1.00 bits per heavy atom. The number of hydrogen-bond donors (Lipinski definition) is 1. The molecule has 0 spiro atoms. The molecule has 1 N–H and O–H groups in total. The summed E-state index contributed by atoms with van der Waals surface area (Å²) in [5.41, 5.74) is 4.04. The second-order valence-corrected chi connectivity index (χ2v) is 11.1. The number of amides is 1. The van der Waals surface area contributed by atoms with Crippen LogP contribution in [-0.2, 0) is 34.2 Å². The normalized spacial score (nSPS) is 13.6. The van der Waals surface area contributed by atoms with Crippen molar-refractivity contribution in [2.24, 2.45) is 0 Å². The standard InChI is InChI=1S/C26H28ClN3O3S/c1-29(2)18-20-7-13-24(14-8-20)34(32,33)30-15-3-4-21-9-12-23(17-25(21)30)28-26(31)16-19-5-10-22(27)11-6-19/h5-14,17H,3-4,15-16,18H2,1-2H3,(H,28,31). The Morgan fingerprint density at radius 3 is 2.35 bits per heavy atom. The highest BCUT2D eigenvalue weighted by Crippen LogP contribution is 2.34. The van der Waals surface area contributed by atoms with E-state index >= 15 is 0 Å². The molecule has 178 valence electrons. The molecule has 0 atom stereocenters. The Morgan fingerprint density at radius 2 is 1.68 bits per heavy atom. The fraction of sp³-hybridized carbons (Fsp3) is 0.269. The lowest BCUT2D eigenvalue weighted by Gasteiger charge is -2.31. The molecule has 3 aromatic rings. The third-order valence-corrected chi connectivity index (χ3v) is 7.81. The van der Waals surface area contributed by atoms with E-state index in [-0.39, 0.29) is 17.2 Å². The van der Waals surface area contributed by atoms with Gasteiger partial charge in [-0.25, -0.2) is 8.42 Å². The number of fused-ring (bicyclic) bond motifs is 1. The van der Waals surface area contributed by atoms with E-state index in [2.05, 4.69) is 5.32 Å². The highest BCUT2D eigenvalue weighted by atomic mass is 35.5. The van der Waals surface area contributed by atoms with Crippen LogP contribution in [0.1, 0.15) is 23.1 Å². The summed E-state index contributed by atoms with van der Waals surface area (Å²) in [6.07, 6.45) is 1.74. The van der Waals surface area contributed by atoms with Crippen molar-refractivity contribution in [3.63, 3.8) is 0 Å². The minimum atomic E-state index is -3.72. The van der Waals surface area contributed by atoms with E-state index in [4.69, 9.17) is 11.6 Å². The third-order valence-electron chi connectivity index (χ3n) is 5.73. The van der Waals surface area contributed by atoms with Crippen molar-refractivity contribution in [2.45, 2.75) is 30.7 Å². The summed E-state index contributed by atoms with van der Waals surface area (Å²) < 4.78 is 28.5. The molecule has 0 saturated carbocycles. The van der Waals surface area contributed by atoms with E-state index < -0.39 is 10.0 Å². The van der Waals surface area contributed by atoms with Gasteiger partial charge in [0.15, 0.2) is 0 Å². The van der Waals surface area contributed by atoms with Gasteiger partial charge in [0, 0.05) is 23.8 Å². The minimum absolute atomic E-state index is 0.177. The molecular weight excluding hydrogens is 470 g/mol. The van der Waals surface area contributed by atoms with Gasteiger partial charge in [0.2, 0.25) is 5.91 Å². The van der Waals surface area contributed by atoms with Crippen LogP contribution in [-0.4, -0.2) is 39.9 Å². The SMILES string of the molecule is CN(C)Cc1ccc(S(=O)(=O)N2CCCc3ccc(NC(=O)Cc4ccc(Cl)cc4)cc32)cc1. The summed E-state index contributed by atoms with van der Waals surface area (Å²) in [5.74, 6) is -0.177. The average Bonchev–Trinajstić information content (AvgIpc) is 2.80. The van der Waals surface area contributed by atoms with Gasteiger partial charge in [-0.1, -0.05) is 41.9 Å². The molecule has 0 radical (unpaired) electrons.